The van der Waals surface area contributed by atoms with E-state index in [0.29, 0.717) is 42.4 Å². The second-order valence-electron chi connectivity index (χ2n) is 9.25. The second-order valence-corrected chi connectivity index (χ2v) is 9.25. The Labute approximate surface area is 218 Å². The summed E-state index contributed by atoms with van der Waals surface area (Å²) in [5.41, 5.74) is 1.41. The highest BCUT2D eigenvalue weighted by Crippen LogP contribution is 2.18. The number of benzene rings is 1. The van der Waals surface area contributed by atoms with E-state index in [1.54, 1.807) is 58.3 Å². The molecule has 1 heterocycles. The molecule has 2 aromatic rings. The highest BCUT2D eigenvalue weighted by atomic mass is 16.6. The molecule has 3 N–H and O–H groups in total. The molecule has 0 atom stereocenters. The van der Waals surface area contributed by atoms with Crippen LogP contribution in [-0.4, -0.2) is 59.2 Å². The number of hydrogen-bond acceptors (Lipinski definition) is 8. The number of likely N-dealkylation sites (N-methyl/N-ethyl adjacent to an activating group) is 1. The molecule has 10 nitrogen and oxygen atoms in total. The average molecular weight is 506 g/mol. The fraction of sp³-hybridized carbons (Fsp3) is 0.444. The first-order valence-corrected chi connectivity index (χ1v) is 12.2. The van der Waals surface area contributed by atoms with E-state index < -0.39 is 11.7 Å². The van der Waals surface area contributed by atoms with Crippen LogP contribution in [0.1, 0.15) is 58.1 Å². The minimum Gasteiger partial charge on any atom is -0.444 e. The number of nitrogens with zero attached hydrogens (tertiary/aromatic N) is 4. The standard InChI is InChI=1S/C27H35N7O3/c1-6-15-30-24-21(19-31-25(33-24)32-22-13-11-20(18-28)12-14-22)9-7-8-10-23(35)29-16-17-34(5)26(36)37-27(2,3)4/h11-14,19H,6,8,10,15-17H2,1-5H3,(H,29,35)(H2,30,31,32,33). The van der Waals surface area contributed by atoms with Gasteiger partial charge in [-0.15, -0.1) is 0 Å². The molecule has 0 radical (unpaired) electrons. The van der Waals surface area contributed by atoms with Crippen molar-refractivity contribution in [2.75, 3.05) is 37.3 Å². The maximum absolute atomic E-state index is 12.1. The number of anilines is 3. The van der Waals surface area contributed by atoms with Crippen molar-refractivity contribution in [3.63, 3.8) is 0 Å². The first-order chi connectivity index (χ1) is 17.6. The second kappa shape index (κ2) is 14.3. The minimum atomic E-state index is -0.563. The Morgan fingerprint density at radius 1 is 1.16 bits per heavy atom. The summed E-state index contributed by atoms with van der Waals surface area (Å²) < 4.78 is 5.28. The molecule has 0 saturated heterocycles. The maximum Gasteiger partial charge on any atom is 0.410 e. The van der Waals surface area contributed by atoms with E-state index in [2.05, 4.69) is 50.8 Å². The third-order valence-corrected chi connectivity index (χ3v) is 4.78. The van der Waals surface area contributed by atoms with Crippen LogP contribution >= 0.6 is 0 Å². The lowest BCUT2D eigenvalue weighted by atomic mass is 10.2. The van der Waals surface area contributed by atoms with Crippen LogP contribution in [0.5, 0.6) is 0 Å². The first kappa shape index (κ1) is 28.9. The van der Waals surface area contributed by atoms with E-state index in [4.69, 9.17) is 10.00 Å². The zero-order valence-electron chi connectivity index (χ0n) is 22.1. The molecule has 1 aromatic carbocycles. The normalized spacial score (nSPS) is 10.4. The van der Waals surface area contributed by atoms with Crippen LogP contribution in [0.3, 0.4) is 0 Å². The van der Waals surface area contributed by atoms with Gasteiger partial charge in [-0.2, -0.15) is 10.2 Å². The lowest BCUT2D eigenvalue weighted by Gasteiger charge is -2.24. The third kappa shape index (κ3) is 10.9. The van der Waals surface area contributed by atoms with Gasteiger partial charge in [0.05, 0.1) is 23.4 Å². The molecule has 2 rings (SSSR count). The minimum absolute atomic E-state index is 0.144. The van der Waals surface area contributed by atoms with Crippen LogP contribution in [0, 0.1) is 23.2 Å². The summed E-state index contributed by atoms with van der Waals surface area (Å²) in [6.45, 7) is 8.87. The quantitative estimate of drug-likeness (QED) is 0.412. The molecule has 10 heteroatoms. The number of aromatic nitrogens is 2. The van der Waals surface area contributed by atoms with E-state index >= 15 is 0 Å². The largest absolute Gasteiger partial charge is 0.444 e. The lowest BCUT2D eigenvalue weighted by Crippen LogP contribution is -2.39. The van der Waals surface area contributed by atoms with Gasteiger partial charge in [0.15, 0.2) is 0 Å². The molecule has 37 heavy (non-hydrogen) atoms. The van der Waals surface area contributed by atoms with Gasteiger partial charge in [0.2, 0.25) is 11.9 Å². The fourth-order valence-corrected chi connectivity index (χ4v) is 2.89. The van der Waals surface area contributed by atoms with E-state index in [1.165, 1.54) is 4.90 Å². The molecule has 0 aliphatic carbocycles. The van der Waals surface area contributed by atoms with Crippen molar-refractivity contribution in [2.24, 2.45) is 0 Å². The molecule has 0 aliphatic heterocycles. The van der Waals surface area contributed by atoms with Gasteiger partial charge in [0, 0.05) is 45.2 Å². The SMILES string of the molecule is CCCNc1nc(Nc2ccc(C#N)cc2)ncc1C#CCCC(=O)NCCN(C)C(=O)OC(C)(C)C. The number of nitriles is 1. The third-order valence-electron chi connectivity index (χ3n) is 4.78. The van der Waals surface area contributed by atoms with Crippen LogP contribution in [0.15, 0.2) is 30.5 Å². The summed E-state index contributed by atoms with van der Waals surface area (Å²) in [6, 6.07) is 9.09. The van der Waals surface area contributed by atoms with Gasteiger partial charge < -0.3 is 25.6 Å². The van der Waals surface area contributed by atoms with Gasteiger partial charge in [-0.3, -0.25) is 4.79 Å². The van der Waals surface area contributed by atoms with E-state index in [1.807, 2.05) is 0 Å². The van der Waals surface area contributed by atoms with E-state index in [0.717, 1.165) is 18.7 Å². The smallest absolute Gasteiger partial charge is 0.410 e. The Hall–Kier alpha value is -4.31. The van der Waals surface area contributed by atoms with Crippen molar-refractivity contribution >= 4 is 29.5 Å². The van der Waals surface area contributed by atoms with Crippen molar-refractivity contribution < 1.29 is 14.3 Å². The summed E-state index contributed by atoms with van der Waals surface area (Å²) in [4.78, 5) is 34.4. The van der Waals surface area contributed by atoms with Crippen molar-refractivity contribution in [3.8, 4) is 17.9 Å². The monoisotopic (exact) mass is 505 g/mol. The molecular formula is C27H35N7O3. The molecule has 0 aliphatic rings. The lowest BCUT2D eigenvalue weighted by molar-refractivity contribution is -0.121. The predicted molar refractivity (Wildman–Crippen MR) is 143 cm³/mol. The summed E-state index contributed by atoms with van der Waals surface area (Å²) in [5, 5.41) is 18.1. The van der Waals surface area contributed by atoms with Gasteiger partial charge in [-0.25, -0.2) is 9.78 Å². The van der Waals surface area contributed by atoms with Crippen LogP contribution < -0.4 is 16.0 Å². The topological polar surface area (TPSA) is 132 Å². The maximum atomic E-state index is 12.1. The number of ether oxygens (including phenoxy) is 1. The van der Waals surface area contributed by atoms with E-state index in [-0.39, 0.29) is 12.3 Å². The first-order valence-electron chi connectivity index (χ1n) is 12.2. The van der Waals surface area contributed by atoms with Gasteiger partial charge >= 0.3 is 6.09 Å². The van der Waals surface area contributed by atoms with Crippen molar-refractivity contribution in [2.45, 2.75) is 52.6 Å². The Kier molecular flexibility index (Phi) is 11.2. The molecule has 1 aromatic heterocycles. The van der Waals surface area contributed by atoms with Gasteiger partial charge in [0.1, 0.15) is 11.4 Å². The van der Waals surface area contributed by atoms with Crippen LogP contribution in [0.4, 0.5) is 22.2 Å². The van der Waals surface area contributed by atoms with Crippen molar-refractivity contribution in [1.29, 1.82) is 5.26 Å². The Morgan fingerprint density at radius 3 is 2.54 bits per heavy atom. The number of carbonyl (C=O) groups is 2. The fourth-order valence-electron chi connectivity index (χ4n) is 2.89. The molecular weight excluding hydrogens is 470 g/mol. The Bertz CT molecular complexity index is 1160. The molecule has 2 amide bonds. The number of carbonyl (C=O) groups excluding carboxylic acids is 2. The molecule has 0 spiro atoms. The van der Waals surface area contributed by atoms with E-state index in [9.17, 15) is 9.59 Å². The summed E-state index contributed by atoms with van der Waals surface area (Å²) in [7, 11) is 1.63. The molecule has 0 fully saturated rings. The zero-order valence-corrected chi connectivity index (χ0v) is 22.1. The molecule has 0 saturated carbocycles. The van der Waals surface area contributed by atoms with Crippen molar-refractivity contribution in [3.05, 3.63) is 41.6 Å². The Balaban J connectivity index is 1.88. The molecule has 0 unspecified atom stereocenters. The van der Waals surface area contributed by atoms with Crippen molar-refractivity contribution in [1.82, 2.24) is 20.2 Å². The summed E-state index contributed by atoms with van der Waals surface area (Å²) in [5.74, 6) is 6.92. The number of hydrogen-bond donors (Lipinski definition) is 3. The molecule has 196 valence electrons. The van der Waals surface area contributed by atoms with Gasteiger partial charge in [-0.1, -0.05) is 18.8 Å². The predicted octanol–water partition coefficient (Wildman–Crippen LogP) is 4.03. The van der Waals surface area contributed by atoms with Crippen LogP contribution in [0.25, 0.3) is 0 Å². The average Bonchev–Trinajstić information content (AvgIpc) is 2.85. The molecule has 0 bridgehead atoms. The zero-order chi connectivity index (χ0) is 27.3. The van der Waals surface area contributed by atoms with Gasteiger partial charge in [-0.05, 0) is 51.5 Å². The van der Waals surface area contributed by atoms with Gasteiger partial charge in [0.25, 0.3) is 0 Å². The number of nitrogens with one attached hydrogen (secondary N) is 3. The summed E-state index contributed by atoms with van der Waals surface area (Å²) >= 11 is 0. The Morgan fingerprint density at radius 2 is 1.89 bits per heavy atom. The highest BCUT2D eigenvalue weighted by molar-refractivity contribution is 5.76. The number of rotatable bonds is 10. The number of amides is 2. The highest BCUT2D eigenvalue weighted by Gasteiger charge is 2.19. The summed E-state index contributed by atoms with van der Waals surface area (Å²) in [6.07, 6.45) is 2.72. The van der Waals surface area contributed by atoms with Crippen LogP contribution in [-0.2, 0) is 9.53 Å². The van der Waals surface area contributed by atoms with Crippen LogP contribution in [0.2, 0.25) is 0 Å².